The van der Waals surface area contributed by atoms with Gasteiger partial charge in [0.1, 0.15) is 19.3 Å². The summed E-state index contributed by atoms with van der Waals surface area (Å²) >= 11 is 0. The summed E-state index contributed by atoms with van der Waals surface area (Å²) in [7, 11) is -9.92. The van der Waals surface area contributed by atoms with Crippen molar-refractivity contribution in [2.75, 3.05) is 39.6 Å². The Kier molecular flexibility index (Phi) is 73.5. The first kappa shape index (κ1) is 99.1. The van der Waals surface area contributed by atoms with Crippen molar-refractivity contribution in [2.24, 2.45) is 5.92 Å². The van der Waals surface area contributed by atoms with Gasteiger partial charge in [-0.25, -0.2) is 9.13 Å². The van der Waals surface area contributed by atoms with Crippen LogP contribution in [0.5, 0.6) is 0 Å². The lowest BCUT2D eigenvalue weighted by Crippen LogP contribution is -2.30. The molecule has 0 bridgehead atoms. The van der Waals surface area contributed by atoms with E-state index in [0.717, 1.165) is 95.8 Å². The molecule has 0 saturated carbocycles. The number of hydrogen-bond acceptors (Lipinski definition) is 15. The molecule has 19 heteroatoms. The number of hydrogen-bond donors (Lipinski definition) is 3. The van der Waals surface area contributed by atoms with Crippen LogP contribution in [0.3, 0.4) is 0 Å². The molecule has 17 nitrogen and oxygen atoms in total. The van der Waals surface area contributed by atoms with Crippen LogP contribution in [-0.2, 0) is 65.4 Å². The zero-order valence-corrected chi connectivity index (χ0v) is 67.8. The normalized spacial score (nSPS) is 13.8. The number of aliphatic hydroxyl groups excluding tert-OH is 1. The van der Waals surface area contributed by atoms with Crippen LogP contribution < -0.4 is 0 Å². The number of phosphoric ester groups is 2. The zero-order valence-electron chi connectivity index (χ0n) is 66.1. The average Bonchev–Trinajstić information content (AvgIpc) is 1.46. The molecule has 0 spiro atoms. The van der Waals surface area contributed by atoms with Crippen LogP contribution in [0.15, 0.2) is 0 Å². The van der Waals surface area contributed by atoms with Crippen LogP contribution in [0, 0.1) is 5.92 Å². The van der Waals surface area contributed by atoms with Crippen LogP contribution in [0.4, 0.5) is 0 Å². The summed E-state index contributed by atoms with van der Waals surface area (Å²) in [5.41, 5.74) is 0. The quantitative estimate of drug-likeness (QED) is 0.0222. The predicted molar refractivity (Wildman–Crippen MR) is 414 cm³/mol. The van der Waals surface area contributed by atoms with Crippen LogP contribution in [0.1, 0.15) is 439 Å². The third-order valence-corrected chi connectivity index (χ3v) is 21.2. The average molecular weight is 1480 g/mol. The first-order valence-corrected chi connectivity index (χ1v) is 45.6. The molecule has 0 aliphatic rings. The summed E-state index contributed by atoms with van der Waals surface area (Å²) in [6, 6.07) is 0. The van der Waals surface area contributed by atoms with Gasteiger partial charge in [-0.2, -0.15) is 0 Å². The highest BCUT2D eigenvalue weighted by Gasteiger charge is 2.30. The minimum atomic E-state index is -4.96. The maximum absolute atomic E-state index is 13.1. The van der Waals surface area contributed by atoms with Gasteiger partial charge in [0.15, 0.2) is 12.2 Å². The molecule has 0 amide bonds. The largest absolute Gasteiger partial charge is 0.472 e. The molecular weight excluding hydrogens is 1320 g/mol. The van der Waals surface area contributed by atoms with E-state index in [4.69, 9.17) is 37.0 Å². The van der Waals surface area contributed by atoms with Crippen LogP contribution >= 0.6 is 15.6 Å². The van der Waals surface area contributed by atoms with Crippen molar-refractivity contribution >= 4 is 39.5 Å². The summed E-state index contributed by atoms with van der Waals surface area (Å²) in [6.07, 6.45) is 66.5. The molecular formula is C82H160O17P2. The lowest BCUT2D eigenvalue weighted by atomic mass is 10.0. The van der Waals surface area contributed by atoms with Gasteiger partial charge >= 0.3 is 39.5 Å². The van der Waals surface area contributed by atoms with Gasteiger partial charge in [-0.15, -0.1) is 0 Å². The number of rotatable bonds is 82. The topological polar surface area (TPSA) is 237 Å². The summed E-state index contributed by atoms with van der Waals surface area (Å²) in [5, 5.41) is 10.6. The first-order valence-electron chi connectivity index (χ1n) is 42.6. The lowest BCUT2D eigenvalue weighted by molar-refractivity contribution is -0.161. The standard InChI is InChI=1S/C82H160O17P2/c1-6-9-12-15-18-21-24-27-28-29-30-31-34-38-43-48-53-58-63-68-82(87)99-78(72-93-80(85)66-61-56-51-46-42-37-35-32-33-36-39-44-49-54-59-64-75(4)5)74-97-101(90,91)95-70-76(83)69-94-100(88,89)96-73-77(98-81(86)67-62-57-52-47-41-26-23-20-17-14-11-8-3)71-92-79(84)65-60-55-50-45-40-25-22-19-16-13-10-7-2/h75-78,83H,6-74H2,1-5H3,(H,88,89)(H,90,91)/t76-,77+,78+/m0/s1. The number of carbonyl (C=O) groups excluding carboxylic acids is 4. The van der Waals surface area contributed by atoms with E-state index >= 15 is 0 Å². The Bertz CT molecular complexity index is 1930. The maximum Gasteiger partial charge on any atom is 0.472 e. The first-order chi connectivity index (χ1) is 49.0. The van der Waals surface area contributed by atoms with Crippen LogP contribution in [0.25, 0.3) is 0 Å². The second-order valence-electron chi connectivity index (χ2n) is 30.0. The smallest absolute Gasteiger partial charge is 0.462 e. The Hall–Kier alpha value is -1.94. The molecule has 0 rings (SSSR count). The molecule has 600 valence electrons. The summed E-state index contributed by atoms with van der Waals surface area (Å²) in [5.74, 6) is -1.30. The highest BCUT2D eigenvalue weighted by molar-refractivity contribution is 7.47. The van der Waals surface area contributed by atoms with E-state index < -0.39 is 97.5 Å². The molecule has 0 radical (unpaired) electrons. The van der Waals surface area contributed by atoms with Gasteiger partial charge < -0.3 is 33.8 Å². The number of carbonyl (C=O) groups is 4. The minimum absolute atomic E-state index is 0.108. The number of unbranched alkanes of at least 4 members (excludes halogenated alkanes) is 54. The highest BCUT2D eigenvalue weighted by Crippen LogP contribution is 2.45. The Balaban J connectivity index is 5.24. The third kappa shape index (κ3) is 76.1. The van der Waals surface area contributed by atoms with Gasteiger partial charge in [-0.05, 0) is 31.6 Å². The van der Waals surface area contributed by atoms with E-state index in [2.05, 4.69) is 34.6 Å². The van der Waals surface area contributed by atoms with Gasteiger partial charge in [0.2, 0.25) is 0 Å². The minimum Gasteiger partial charge on any atom is -0.462 e. The lowest BCUT2D eigenvalue weighted by Gasteiger charge is -2.21. The Morgan fingerprint density at radius 2 is 0.455 bits per heavy atom. The fourth-order valence-electron chi connectivity index (χ4n) is 12.8. The summed E-state index contributed by atoms with van der Waals surface area (Å²) in [6.45, 7) is 7.37. The zero-order chi connectivity index (χ0) is 74.1. The number of aliphatic hydroxyl groups is 1. The molecule has 0 aliphatic heterocycles. The molecule has 0 heterocycles. The van der Waals surface area contributed by atoms with Gasteiger partial charge in [-0.1, -0.05) is 388 Å². The molecule has 0 aromatic rings. The van der Waals surface area contributed by atoms with E-state index in [1.165, 1.54) is 263 Å². The molecule has 5 atom stereocenters. The van der Waals surface area contributed by atoms with Gasteiger partial charge in [0, 0.05) is 25.7 Å². The molecule has 0 aliphatic carbocycles. The Morgan fingerprint density at radius 1 is 0.267 bits per heavy atom. The van der Waals surface area contributed by atoms with E-state index in [1.54, 1.807) is 0 Å². The van der Waals surface area contributed by atoms with Crippen molar-refractivity contribution in [3.8, 4) is 0 Å². The second-order valence-corrected chi connectivity index (χ2v) is 32.9. The summed E-state index contributed by atoms with van der Waals surface area (Å²) in [4.78, 5) is 73.1. The fourth-order valence-corrected chi connectivity index (χ4v) is 14.3. The number of ether oxygens (including phenoxy) is 4. The molecule has 0 aromatic heterocycles. The molecule has 2 unspecified atom stereocenters. The monoisotopic (exact) mass is 1480 g/mol. The SMILES string of the molecule is CCCCCCCCCCCCCCCCCCCCCC(=O)O[C@H](COC(=O)CCCCCCCCCCCCCCCCCC(C)C)COP(=O)(O)OC[C@@H](O)COP(=O)(O)OC[C@@H](COC(=O)CCCCCCCCCCCCCC)OC(=O)CCCCCCCCCCCCCC. The van der Waals surface area contributed by atoms with Crippen molar-refractivity contribution in [1.82, 2.24) is 0 Å². The van der Waals surface area contributed by atoms with Gasteiger partial charge in [0.25, 0.3) is 0 Å². The third-order valence-electron chi connectivity index (χ3n) is 19.3. The Morgan fingerprint density at radius 3 is 0.673 bits per heavy atom. The molecule has 3 N–H and O–H groups in total. The summed E-state index contributed by atoms with van der Waals surface area (Å²) < 4.78 is 68.8. The second kappa shape index (κ2) is 74.9. The van der Waals surface area contributed by atoms with E-state index in [9.17, 15) is 43.2 Å². The van der Waals surface area contributed by atoms with Crippen molar-refractivity contribution < 1.29 is 80.2 Å². The number of phosphoric acid groups is 2. The van der Waals surface area contributed by atoms with Crippen molar-refractivity contribution in [3.05, 3.63) is 0 Å². The number of esters is 4. The van der Waals surface area contributed by atoms with Gasteiger partial charge in [-0.3, -0.25) is 37.3 Å². The fraction of sp³-hybridized carbons (Fsp3) is 0.951. The molecule has 101 heavy (non-hydrogen) atoms. The van der Waals surface area contributed by atoms with Crippen molar-refractivity contribution in [3.63, 3.8) is 0 Å². The highest BCUT2D eigenvalue weighted by atomic mass is 31.2. The maximum atomic E-state index is 13.1. The van der Waals surface area contributed by atoms with Crippen molar-refractivity contribution in [2.45, 2.75) is 457 Å². The van der Waals surface area contributed by atoms with Crippen molar-refractivity contribution in [1.29, 1.82) is 0 Å². The van der Waals surface area contributed by atoms with Gasteiger partial charge in [0.05, 0.1) is 26.4 Å². The molecule has 0 fully saturated rings. The van der Waals surface area contributed by atoms with E-state index in [1.807, 2.05) is 0 Å². The van der Waals surface area contributed by atoms with E-state index in [-0.39, 0.29) is 25.7 Å². The molecule has 0 saturated heterocycles. The van der Waals surface area contributed by atoms with E-state index in [0.29, 0.717) is 25.7 Å². The Labute approximate surface area is 619 Å². The molecule has 0 aromatic carbocycles. The van der Waals surface area contributed by atoms with Crippen LogP contribution in [0.2, 0.25) is 0 Å². The van der Waals surface area contributed by atoms with Crippen LogP contribution in [-0.4, -0.2) is 96.7 Å². The predicted octanol–water partition coefficient (Wildman–Crippen LogP) is 24.8.